The lowest BCUT2D eigenvalue weighted by atomic mass is 9.83. The Kier molecular flexibility index (Phi) is 6.23. The van der Waals surface area contributed by atoms with Crippen molar-refractivity contribution in [3.05, 3.63) is 71.3 Å². The number of aliphatic hydroxyl groups is 1. The number of hydrogen-bond donors (Lipinski definition) is 1. The first-order chi connectivity index (χ1) is 12.6. The van der Waals surface area contributed by atoms with E-state index in [1.807, 2.05) is 42.5 Å². The topological polar surface area (TPSA) is 40.5 Å². The molecule has 0 aromatic heterocycles. The minimum absolute atomic E-state index is 0.218. The molecule has 0 bridgehead atoms. The van der Waals surface area contributed by atoms with E-state index < -0.39 is 5.60 Å². The van der Waals surface area contributed by atoms with Crippen LogP contribution in [0.1, 0.15) is 54.1 Å². The third kappa shape index (κ3) is 4.60. The minimum atomic E-state index is -0.707. The van der Waals surface area contributed by atoms with Gasteiger partial charge in [-0.05, 0) is 43.4 Å². The number of ketones is 1. The number of rotatable bonds is 7. The van der Waals surface area contributed by atoms with E-state index in [0.717, 1.165) is 56.4 Å². The van der Waals surface area contributed by atoms with E-state index in [4.69, 9.17) is 0 Å². The zero-order valence-corrected chi connectivity index (χ0v) is 15.7. The number of likely N-dealkylation sites (tertiary alicyclic amines) is 1. The largest absolute Gasteiger partial charge is 0.385 e. The summed E-state index contributed by atoms with van der Waals surface area (Å²) in [6.45, 7) is 4.82. The molecule has 1 heterocycles. The second kappa shape index (κ2) is 8.61. The summed E-state index contributed by atoms with van der Waals surface area (Å²) in [7, 11) is 0. The summed E-state index contributed by atoms with van der Waals surface area (Å²) in [6, 6.07) is 17.9. The van der Waals surface area contributed by atoms with Crippen molar-refractivity contribution in [2.75, 3.05) is 19.6 Å². The molecule has 138 valence electrons. The molecule has 0 aliphatic carbocycles. The molecule has 1 aliphatic rings. The highest BCUT2D eigenvalue weighted by molar-refractivity contribution is 5.95. The van der Waals surface area contributed by atoms with Crippen molar-refractivity contribution in [2.24, 2.45) is 0 Å². The van der Waals surface area contributed by atoms with Gasteiger partial charge in [0.25, 0.3) is 0 Å². The Morgan fingerprint density at radius 2 is 1.81 bits per heavy atom. The summed E-state index contributed by atoms with van der Waals surface area (Å²) in [4.78, 5) is 14.5. The lowest BCUT2D eigenvalue weighted by molar-refractivity contribution is -0.0260. The van der Waals surface area contributed by atoms with Crippen LogP contribution in [0.4, 0.5) is 0 Å². The fourth-order valence-electron chi connectivity index (χ4n) is 3.75. The molecule has 0 spiro atoms. The average molecular weight is 351 g/mol. The average Bonchev–Trinajstić information content (AvgIpc) is 2.70. The lowest BCUT2D eigenvalue weighted by Gasteiger charge is -2.38. The first-order valence-corrected chi connectivity index (χ1v) is 9.73. The number of hydrogen-bond acceptors (Lipinski definition) is 3. The zero-order valence-electron chi connectivity index (χ0n) is 15.7. The molecule has 0 saturated carbocycles. The van der Waals surface area contributed by atoms with Crippen LogP contribution in [0.15, 0.2) is 54.6 Å². The molecule has 3 heteroatoms. The van der Waals surface area contributed by atoms with E-state index in [2.05, 4.69) is 24.0 Å². The Hall–Kier alpha value is -1.97. The SMILES string of the molecule is CCc1cccc(C2(O)CCN(CCCC(=O)c3ccccc3)CC2)c1. The van der Waals surface area contributed by atoms with Gasteiger partial charge in [-0.15, -0.1) is 0 Å². The van der Waals surface area contributed by atoms with E-state index in [0.29, 0.717) is 6.42 Å². The maximum atomic E-state index is 12.2. The van der Waals surface area contributed by atoms with Gasteiger partial charge in [-0.3, -0.25) is 4.79 Å². The Balaban J connectivity index is 1.47. The van der Waals surface area contributed by atoms with Gasteiger partial charge < -0.3 is 10.0 Å². The zero-order chi connectivity index (χ0) is 18.4. The van der Waals surface area contributed by atoms with Crippen molar-refractivity contribution < 1.29 is 9.90 Å². The molecule has 26 heavy (non-hydrogen) atoms. The van der Waals surface area contributed by atoms with Crippen LogP contribution in [-0.4, -0.2) is 35.4 Å². The summed E-state index contributed by atoms with van der Waals surface area (Å²) in [6.07, 6.45) is 3.96. The van der Waals surface area contributed by atoms with Gasteiger partial charge >= 0.3 is 0 Å². The minimum Gasteiger partial charge on any atom is -0.385 e. The number of carbonyl (C=O) groups is 1. The van der Waals surface area contributed by atoms with Gasteiger partial charge in [0.1, 0.15) is 0 Å². The molecule has 1 N–H and O–H groups in total. The Bertz CT molecular complexity index is 718. The normalized spacial score (nSPS) is 17.2. The Morgan fingerprint density at radius 3 is 2.50 bits per heavy atom. The standard InChI is InChI=1S/C23H29NO2/c1-2-19-8-6-11-21(18-19)23(26)13-16-24(17-14-23)15-7-12-22(25)20-9-4-3-5-10-20/h3-6,8-11,18,26H,2,7,12-17H2,1H3. The molecule has 1 saturated heterocycles. The molecule has 2 aromatic rings. The molecule has 3 rings (SSSR count). The van der Waals surface area contributed by atoms with Crippen molar-refractivity contribution in [3.63, 3.8) is 0 Å². The van der Waals surface area contributed by atoms with E-state index in [1.165, 1.54) is 5.56 Å². The number of piperidine rings is 1. The van der Waals surface area contributed by atoms with Crippen molar-refractivity contribution in [1.82, 2.24) is 4.90 Å². The maximum Gasteiger partial charge on any atom is 0.162 e. The molecule has 0 atom stereocenters. The number of benzene rings is 2. The molecule has 1 fully saturated rings. The number of aryl methyl sites for hydroxylation is 1. The Labute approximate surface area is 156 Å². The fourth-order valence-corrected chi connectivity index (χ4v) is 3.75. The quantitative estimate of drug-likeness (QED) is 0.760. The third-order valence-corrected chi connectivity index (χ3v) is 5.53. The highest BCUT2D eigenvalue weighted by Crippen LogP contribution is 2.33. The van der Waals surface area contributed by atoms with Crippen molar-refractivity contribution >= 4 is 5.78 Å². The summed E-state index contributed by atoms with van der Waals surface area (Å²) in [5.74, 6) is 0.218. The smallest absolute Gasteiger partial charge is 0.162 e. The molecule has 0 unspecified atom stereocenters. The van der Waals surface area contributed by atoms with Gasteiger partial charge in [-0.25, -0.2) is 0 Å². The van der Waals surface area contributed by atoms with Gasteiger partial charge in [0.2, 0.25) is 0 Å². The number of nitrogens with zero attached hydrogens (tertiary/aromatic N) is 1. The van der Waals surface area contributed by atoms with Gasteiger partial charge in [-0.2, -0.15) is 0 Å². The van der Waals surface area contributed by atoms with Crippen LogP contribution in [0.25, 0.3) is 0 Å². The van der Waals surface area contributed by atoms with E-state index >= 15 is 0 Å². The van der Waals surface area contributed by atoms with Crippen LogP contribution in [-0.2, 0) is 12.0 Å². The van der Waals surface area contributed by atoms with Gasteiger partial charge in [0.15, 0.2) is 5.78 Å². The predicted molar refractivity (Wildman–Crippen MR) is 105 cm³/mol. The number of carbonyl (C=O) groups excluding carboxylic acids is 1. The lowest BCUT2D eigenvalue weighted by Crippen LogP contribution is -2.43. The molecule has 0 radical (unpaired) electrons. The van der Waals surface area contributed by atoms with Gasteiger partial charge in [-0.1, -0.05) is 61.5 Å². The highest BCUT2D eigenvalue weighted by atomic mass is 16.3. The van der Waals surface area contributed by atoms with Crippen LogP contribution in [0.5, 0.6) is 0 Å². The van der Waals surface area contributed by atoms with Crippen LogP contribution < -0.4 is 0 Å². The first-order valence-electron chi connectivity index (χ1n) is 9.73. The summed E-state index contributed by atoms with van der Waals surface area (Å²) >= 11 is 0. The van der Waals surface area contributed by atoms with Crippen LogP contribution in [0, 0.1) is 0 Å². The predicted octanol–water partition coefficient (Wildman–Crippen LogP) is 4.20. The molecule has 3 nitrogen and oxygen atoms in total. The van der Waals surface area contributed by atoms with Crippen molar-refractivity contribution in [3.8, 4) is 0 Å². The second-order valence-corrected chi connectivity index (χ2v) is 7.32. The van der Waals surface area contributed by atoms with Crippen molar-refractivity contribution in [2.45, 2.75) is 44.6 Å². The summed E-state index contributed by atoms with van der Waals surface area (Å²) in [5.41, 5.74) is 2.42. The van der Waals surface area contributed by atoms with Crippen LogP contribution in [0.2, 0.25) is 0 Å². The molecular formula is C23H29NO2. The first kappa shape index (κ1) is 18.8. The van der Waals surface area contributed by atoms with E-state index in [9.17, 15) is 9.90 Å². The Morgan fingerprint density at radius 1 is 1.08 bits per heavy atom. The van der Waals surface area contributed by atoms with Gasteiger partial charge in [0, 0.05) is 25.1 Å². The molecule has 2 aromatic carbocycles. The third-order valence-electron chi connectivity index (χ3n) is 5.53. The molecular weight excluding hydrogens is 322 g/mol. The highest BCUT2D eigenvalue weighted by Gasteiger charge is 2.33. The van der Waals surface area contributed by atoms with E-state index in [1.54, 1.807) is 0 Å². The monoisotopic (exact) mass is 351 g/mol. The molecule has 0 amide bonds. The summed E-state index contributed by atoms with van der Waals surface area (Å²) < 4.78 is 0. The van der Waals surface area contributed by atoms with Crippen molar-refractivity contribution in [1.29, 1.82) is 0 Å². The summed E-state index contributed by atoms with van der Waals surface area (Å²) in [5, 5.41) is 11.1. The van der Waals surface area contributed by atoms with Gasteiger partial charge in [0.05, 0.1) is 5.60 Å². The molecule has 1 aliphatic heterocycles. The van der Waals surface area contributed by atoms with Crippen LogP contribution >= 0.6 is 0 Å². The fraction of sp³-hybridized carbons (Fsp3) is 0.435. The van der Waals surface area contributed by atoms with Crippen LogP contribution in [0.3, 0.4) is 0 Å². The van der Waals surface area contributed by atoms with E-state index in [-0.39, 0.29) is 5.78 Å². The number of Topliss-reactive ketones (excluding diaryl/α,β-unsaturated/α-hetero) is 1. The maximum absolute atomic E-state index is 12.2. The second-order valence-electron chi connectivity index (χ2n) is 7.32.